The Bertz CT molecular complexity index is 450. The van der Waals surface area contributed by atoms with Gasteiger partial charge in [0.2, 0.25) is 0 Å². The molecule has 1 amide bonds. The van der Waals surface area contributed by atoms with Gasteiger partial charge in [-0.15, -0.1) is 0 Å². The standard InChI is InChI=1S/C14H16BrNO3.CH4/c15-9-13(17)12-7-4-8-16(12)14(18)19-10-11-5-2-1-3-6-11;/h1-3,5-6,12H,4,7-10H2;1H4/t12-;/m0./s1. The Labute approximate surface area is 128 Å². The highest BCUT2D eigenvalue weighted by molar-refractivity contribution is 9.09. The van der Waals surface area contributed by atoms with Crippen LogP contribution in [0.3, 0.4) is 0 Å². The molecule has 0 radical (unpaired) electrons. The smallest absolute Gasteiger partial charge is 0.410 e. The molecule has 5 heteroatoms. The lowest BCUT2D eigenvalue weighted by Gasteiger charge is -2.22. The molecule has 0 bridgehead atoms. The van der Waals surface area contributed by atoms with E-state index in [2.05, 4.69) is 15.9 Å². The van der Waals surface area contributed by atoms with Crippen LogP contribution in [-0.2, 0) is 16.1 Å². The number of nitrogens with zero attached hydrogens (tertiary/aromatic N) is 1. The van der Waals surface area contributed by atoms with E-state index in [1.807, 2.05) is 30.3 Å². The molecule has 1 aliphatic rings. The van der Waals surface area contributed by atoms with E-state index in [1.165, 1.54) is 4.90 Å². The van der Waals surface area contributed by atoms with Gasteiger partial charge in [0.05, 0.1) is 11.4 Å². The number of likely N-dealkylation sites (tertiary alicyclic amines) is 1. The van der Waals surface area contributed by atoms with Crippen molar-refractivity contribution in [2.75, 3.05) is 11.9 Å². The largest absolute Gasteiger partial charge is 0.445 e. The third kappa shape index (κ3) is 4.07. The Morgan fingerprint density at radius 1 is 1.30 bits per heavy atom. The molecule has 0 aliphatic carbocycles. The van der Waals surface area contributed by atoms with Gasteiger partial charge in [-0.2, -0.15) is 0 Å². The maximum absolute atomic E-state index is 12.0. The lowest BCUT2D eigenvalue weighted by Crippen LogP contribution is -2.41. The monoisotopic (exact) mass is 341 g/mol. The molecule has 0 saturated carbocycles. The molecule has 1 aromatic rings. The van der Waals surface area contributed by atoms with Crippen molar-refractivity contribution in [2.45, 2.75) is 32.9 Å². The van der Waals surface area contributed by atoms with Crippen LogP contribution in [0.5, 0.6) is 0 Å². The molecule has 1 saturated heterocycles. The second-order valence-electron chi connectivity index (χ2n) is 4.49. The SMILES string of the molecule is C.O=C(CBr)[C@@H]1CCCN1C(=O)OCc1ccccc1. The summed E-state index contributed by atoms with van der Waals surface area (Å²) in [4.78, 5) is 25.2. The molecule has 110 valence electrons. The molecule has 1 aromatic carbocycles. The molecule has 1 atom stereocenters. The van der Waals surface area contributed by atoms with E-state index in [1.54, 1.807) is 0 Å². The van der Waals surface area contributed by atoms with Crippen LogP contribution in [0.2, 0.25) is 0 Å². The maximum Gasteiger partial charge on any atom is 0.410 e. The molecule has 1 aliphatic heterocycles. The van der Waals surface area contributed by atoms with Gasteiger partial charge >= 0.3 is 6.09 Å². The normalized spacial score (nSPS) is 17.4. The van der Waals surface area contributed by atoms with Gasteiger partial charge in [-0.25, -0.2) is 4.79 Å². The van der Waals surface area contributed by atoms with Gasteiger partial charge in [0.1, 0.15) is 6.61 Å². The van der Waals surface area contributed by atoms with Gasteiger partial charge < -0.3 is 4.74 Å². The fourth-order valence-electron chi connectivity index (χ4n) is 2.21. The van der Waals surface area contributed by atoms with E-state index >= 15 is 0 Å². The summed E-state index contributed by atoms with van der Waals surface area (Å²) in [5, 5.41) is 0.278. The number of carbonyl (C=O) groups is 2. The summed E-state index contributed by atoms with van der Waals surface area (Å²) in [6.07, 6.45) is 1.18. The van der Waals surface area contributed by atoms with Crippen molar-refractivity contribution in [1.29, 1.82) is 0 Å². The number of ketones is 1. The zero-order valence-corrected chi connectivity index (χ0v) is 12.1. The van der Waals surface area contributed by atoms with E-state index < -0.39 is 6.09 Å². The van der Waals surface area contributed by atoms with Crippen LogP contribution in [0.15, 0.2) is 30.3 Å². The van der Waals surface area contributed by atoms with Crippen molar-refractivity contribution < 1.29 is 14.3 Å². The summed E-state index contributed by atoms with van der Waals surface area (Å²) in [5.74, 6) is 0.0363. The second kappa shape index (κ2) is 8.04. The van der Waals surface area contributed by atoms with Crippen LogP contribution >= 0.6 is 15.9 Å². The quantitative estimate of drug-likeness (QED) is 0.788. The highest BCUT2D eigenvalue weighted by Crippen LogP contribution is 2.20. The first-order chi connectivity index (χ1) is 9.22. The van der Waals surface area contributed by atoms with Crippen molar-refractivity contribution in [3.8, 4) is 0 Å². The number of rotatable bonds is 4. The Morgan fingerprint density at radius 3 is 2.65 bits per heavy atom. The molecule has 1 heterocycles. The minimum absolute atomic E-state index is 0. The fraction of sp³-hybridized carbons (Fsp3) is 0.467. The molecular weight excluding hydrogens is 322 g/mol. The van der Waals surface area contributed by atoms with Crippen LogP contribution in [0.25, 0.3) is 0 Å². The predicted octanol–water partition coefficient (Wildman–Crippen LogP) is 3.39. The van der Waals surface area contributed by atoms with Crippen molar-refractivity contribution in [2.24, 2.45) is 0 Å². The summed E-state index contributed by atoms with van der Waals surface area (Å²) in [7, 11) is 0. The Kier molecular flexibility index (Phi) is 6.71. The minimum Gasteiger partial charge on any atom is -0.445 e. The van der Waals surface area contributed by atoms with E-state index in [4.69, 9.17) is 4.74 Å². The lowest BCUT2D eigenvalue weighted by molar-refractivity contribution is -0.120. The summed E-state index contributed by atoms with van der Waals surface area (Å²) in [6.45, 7) is 0.836. The van der Waals surface area contributed by atoms with Crippen molar-refractivity contribution in [3.05, 3.63) is 35.9 Å². The molecule has 2 rings (SSSR count). The summed E-state index contributed by atoms with van der Waals surface area (Å²) < 4.78 is 5.26. The Morgan fingerprint density at radius 2 is 2.00 bits per heavy atom. The Hall–Kier alpha value is -1.36. The van der Waals surface area contributed by atoms with Gasteiger partial charge in [-0.1, -0.05) is 53.7 Å². The third-order valence-electron chi connectivity index (χ3n) is 3.20. The molecule has 0 N–H and O–H groups in total. The molecule has 0 unspecified atom stereocenters. The predicted molar refractivity (Wildman–Crippen MR) is 81.9 cm³/mol. The zero-order valence-electron chi connectivity index (χ0n) is 10.5. The Balaban J connectivity index is 0.00000200. The topological polar surface area (TPSA) is 46.6 Å². The minimum atomic E-state index is -0.402. The van der Waals surface area contributed by atoms with Gasteiger partial charge in [-0.05, 0) is 18.4 Å². The van der Waals surface area contributed by atoms with Crippen LogP contribution in [0, 0.1) is 0 Å². The van der Waals surface area contributed by atoms with E-state index in [-0.39, 0.29) is 31.2 Å². The van der Waals surface area contributed by atoms with Crippen LogP contribution in [0.1, 0.15) is 25.8 Å². The van der Waals surface area contributed by atoms with Gasteiger partial charge in [0, 0.05) is 6.54 Å². The first-order valence-electron chi connectivity index (χ1n) is 6.28. The molecule has 1 fully saturated rings. The number of amides is 1. The number of carbonyl (C=O) groups excluding carboxylic acids is 2. The average Bonchev–Trinajstić information content (AvgIpc) is 2.94. The van der Waals surface area contributed by atoms with Gasteiger partial charge in [0.25, 0.3) is 0 Å². The second-order valence-corrected chi connectivity index (χ2v) is 5.05. The molecule has 0 aromatic heterocycles. The van der Waals surface area contributed by atoms with Crippen LogP contribution in [-0.4, -0.2) is 34.7 Å². The zero-order chi connectivity index (χ0) is 13.7. The van der Waals surface area contributed by atoms with E-state index in [0.717, 1.165) is 18.4 Å². The molecule has 20 heavy (non-hydrogen) atoms. The number of Topliss-reactive ketones (excluding diaryl/α,β-unsaturated/α-hetero) is 1. The number of halogens is 1. The number of ether oxygens (including phenoxy) is 1. The van der Waals surface area contributed by atoms with Crippen LogP contribution < -0.4 is 0 Å². The highest BCUT2D eigenvalue weighted by atomic mass is 79.9. The first kappa shape index (κ1) is 16.7. The molecular formula is C15H20BrNO3. The summed E-state index contributed by atoms with van der Waals surface area (Å²) in [5.41, 5.74) is 0.943. The summed E-state index contributed by atoms with van der Waals surface area (Å²) in [6, 6.07) is 9.18. The lowest BCUT2D eigenvalue weighted by atomic mass is 10.1. The van der Waals surface area contributed by atoms with E-state index in [9.17, 15) is 9.59 Å². The highest BCUT2D eigenvalue weighted by Gasteiger charge is 2.34. The summed E-state index contributed by atoms with van der Waals surface area (Å²) >= 11 is 3.15. The fourth-order valence-corrected chi connectivity index (χ4v) is 2.58. The average molecular weight is 342 g/mol. The number of alkyl halides is 1. The van der Waals surface area contributed by atoms with Crippen molar-refractivity contribution in [3.63, 3.8) is 0 Å². The van der Waals surface area contributed by atoms with E-state index in [0.29, 0.717) is 6.54 Å². The molecule has 4 nitrogen and oxygen atoms in total. The first-order valence-corrected chi connectivity index (χ1v) is 7.40. The van der Waals surface area contributed by atoms with Crippen LogP contribution in [0.4, 0.5) is 4.79 Å². The van der Waals surface area contributed by atoms with Gasteiger partial charge in [0.15, 0.2) is 5.78 Å². The number of hydrogen-bond acceptors (Lipinski definition) is 3. The third-order valence-corrected chi connectivity index (χ3v) is 3.75. The van der Waals surface area contributed by atoms with Crippen molar-refractivity contribution >= 4 is 27.8 Å². The molecule has 0 spiro atoms. The number of hydrogen-bond donors (Lipinski definition) is 0. The number of benzene rings is 1. The van der Waals surface area contributed by atoms with Crippen molar-refractivity contribution in [1.82, 2.24) is 4.90 Å². The van der Waals surface area contributed by atoms with Gasteiger partial charge in [-0.3, -0.25) is 9.69 Å². The maximum atomic E-state index is 12.0.